The van der Waals surface area contributed by atoms with Gasteiger partial charge in [0.25, 0.3) is 0 Å². The summed E-state index contributed by atoms with van der Waals surface area (Å²) in [6, 6.07) is 90.2. The molecule has 0 aliphatic heterocycles. The van der Waals surface area contributed by atoms with Gasteiger partial charge in [-0.05, 0) is 138 Å². The summed E-state index contributed by atoms with van der Waals surface area (Å²) >= 11 is 0. The predicted octanol–water partition coefficient (Wildman–Crippen LogP) is 14.8. The van der Waals surface area contributed by atoms with E-state index in [1.807, 2.05) is 0 Å². The van der Waals surface area contributed by atoms with Crippen molar-refractivity contribution in [1.82, 2.24) is 0 Å². The molecule has 0 spiro atoms. The van der Waals surface area contributed by atoms with Gasteiger partial charge in [0.15, 0.2) is 0 Å². The second-order valence-corrected chi connectivity index (χ2v) is 24.4. The summed E-state index contributed by atoms with van der Waals surface area (Å²) < 4.78 is 0. The van der Waals surface area contributed by atoms with E-state index in [1.54, 1.807) is 0 Å². The maximum Gasteiger partial charge on any atom is 0.242 e. The molecule has 12 aromatic carbocycles. The van der Waals surface area contributed by atoms with E-state index in [4.69, 9.17) is 0 Å². The summed E-state index contributed by atoms with van der Waals surface area (Å²) in [5, 5.41) is 2.46. The van der Waals surface area contributed by atoms with Gasteiger partial charge in [0, 0.05) is 0 Å². The van der Waals surface area contributed by atoms with E-state index in [0.717, 1.165) is 0 Å². The molecule has 0 heterocycles. The summed E-state index contributed by atoms with van der Waals surface area (Å²) in [6.45, 7) is 27.6. The summed E-state index contributed by atoms with van der Waals surface area (Å²) in [4.78, 5) is 0. The van der Waals surface area contributed by atoms with Gasteiger partial charge in [0.05, 0.1) is 0 Å². The maximum absolute atomic E-state index is 2.58. The van der Waals surface area contributed by atoms with Crippen molar-refractivity contribution < 1.29 is 0 Å². The normalized spacial score (nSPS) is 11.3. The Kier molecular flexibility index (Phi) is 15.7. The topological polar surface area (TPSA) is 0 Å². The van der Waals surface area contributed by atoms with Crippen molar-refractivity contribution in [2.24, 2.45) is 0 Å². The molecule has 0 aliphatic rings. The van der Waals surface area contributed by atoms with Gasteiger partial charge in [-0.25, -0.2) is 0 Å². The lowest BCUT2D eigenvalue weighted by Crippen LogP contribution is -2.55. The molecule has 0 radical (unpaired) electrons. The van der Waals surface area contributed by atoms with E-state index >= 15 is 0 Å². The van der Waals surface area contributed by atoms with E-state index in [9.17, 15) is 0 Å². The molecule has 0 aliphatic carbocycles. The molecule has 0 nitrogen and oxygen atoms in total. The van der Waals surface area contributed by atoms with E-state index in [1.165, 1.54) is 171 Å². The Hall–Kier alpha value is -8.91. The minimum atomic E-state index is -0.000918. The van der Waals surface area contributed by atoms with Crippen LogP contribution in [-0.2, 0) is 0 Å². The van der Waals surface area contributed by atoms with Crippen molar-refractivity contribution in [3.05, 3.63) is 303 Å². The SMILES string of the molecule is Cc1cccc(C)c1B(c1ccc(-c2c(-c3ccc(B(c4c(C)cccc4C)c4c(C)cccc4C)cc3)c(-c3ccccc3)c3cc(B(c4c(C)cccc4C)c4c(C)cccc4C)ccc3c2-c2ccccc2)cc1)c1c(C)cccc1C. The molecular weight excluding hydrogens is 1020 g/mol. The highest BCUT2D eigenvalue weighted by Gasteiger charge is 2.33. The lowest BCUT2D eigenvalue weighted by molar-refractivity contribution is 1.40. The number of aryl methyl sites for hydroxylation is 12. The van der Waals surface area contributed by atoms with E-state index in [0.29, 0.717) is 0 Å². The standard InChI is InChI=1S/C82H75B3/c1-52-25-19-26-53(2)77(52)83(78-54(3)27-20-28-55(78)4)68-45-41-66(42-46-68)75-73(64-37-15-13-16-38-64)71-50-49-70(85(81-60(9)33-23-34-61(81)10)82-62(11)35-24-36-63(82)12)51-72(71)74(65-39-17-14-18-40-65)76(75)67-43-47-69(48-44-67)84(79-56(5)29-21-30-57(79)6)80-58(7)31-22-32-59(80)8/h13-51H,1-12H3. The highest BCUT2D eigenvalue weighted by atomic mass is 14.3. The Morgan fingerprint density at radius 3 is 0.671 bits per heavy atom. The maximum atomic E-state index is 2.58. The van der Waals surface area contributed by atoms with Crippen LogP contribution in [0.25, 0.3) is 55.3 Å². The molecule has 12 aromatic rings. The van der Waals surface area contributed by atoms with Crippen LogP contribution in [-0.4, -0.2) is 20.1 Å². The fourth-order valence-electron chi connectivity index (χ4n) is 14.9. The van der Waals surface area contributed by atoms with Gasteiger partial charge in [0.2, 0.25) is 20.1 Å². The van der Waals surface area contributed by atoms with Crippen molar-refractivity contribution in [3.63, 3.8) is 0 Å². The van der Waals surface area contributed by atoms with Gasteiger partial charge in [0.1, 0.15) is 0 Å². The Balaban J connectivity index is 1.21. The first-order chi connectivity index (χ1) is 41.2. The first-order valence-corrected chi connectivity index (χ1v) is 30.5. The molecule has 0 bridgehead atoms. The van der Waals surface area contributed by atoms with Crippen molar-refractivity contribution >= 4 is 80.1 Å². The molecular formula is C82H75B3. The third-order valence-electron chi connectivity index (χ3n) is 18.8. The molecule has 0 fully saturated rings. The summed E-state index contributed by atoms with van der Waals surface area (Å²) in [5.41, 5.74) is 37.5. The number of benzene rings is 12. The Bertz CT molecular complexity index is 4200. The minimum absolute atomic E-state index is 0.000918. The van der Waals surface area contributed by atoms with Gasteiger partial charge in [-0.15, -0.1) is 0 Å². The van der Waals surface area contributed by atoms with Gasteiger partial charge in [-0.3, -0.25) is 0 Å². The van der Waals surface area contributed by atoms with Crippen molar-refractivity contribution in [2.75, 3.05) is 0 Å². The van der Waals surface area contributed by atoms with Crippen LogP contribution < -0.4 is 49.2 Å². The predicted molar refractivity (Wildman–Crippen MR) is 375 cm³/mol. The van der Waals surface area contributed by atoms with Crippen molar-refractivity contribution in [2.45, 2.75) is 83.1 Å². The zero-order valence-electron chi connectivity index (χ0n) is 51.7. The van der Waals surface area contributed by atoms with Gasteiger partial charge >= 0.3 is 0 Å². The molecule has 85 heavy (non-hydrogen) atoms. The van der Waals surface area contributed by atoms with E-state index < -0.39 is 0 Å². The van der Waals surface area contributed by atoms with Crippen LogP contribution in [0.3, 0.4) is 0 Å². The van der Waals surface area contributed by atoms with E-state index in [-0.39, 0.29) is 20.1 Å². The summed E-state index contributed by atoms with van der Waals surface area (Å²) in [7, 11) is 0. The highest BCUT2D eigenvalue weighted by Crippen LogP contribution is 2.50. The largest absolute Gasteiger partial charge is 0.242 e. The molecule has 0 aromatic heterocycles. The lowest BCUT2D eigenvalue weighted by Gasteiger charge is -2.28. The molecule has 0 amide bonds. The van der Waals surface area contributed by atoms with Gasteiger partial charge in [-0.2, -0.15) is 0 Å². The van der Waals surface area contributed by atoms with Crippen molar-refractivity contribution in [1.29, 1.82) is 0 Å². The van der Waals surface area contributed by atoms with Crippen LogP contribution in [0.1, 0.15) is 66.8 Å². The second kappa shape index (κ2) is 23.6. The Morgan fingerprint density at radius 2 is 0.400 bits per heavy atom. The average Bonchev–Trinajstić information content (AvgIpc) is 2.11. The van der Waals surface area contributed by atoms with Crippen molar-refractivity contribution in [3.8, 4) is 44.5 Å². The molecule has 0 saturated heterocycles. The third kappa shape index (κ3) is 10.4. The molecule has 0 saturated carbocycles. The zero-order valence-corrected chi connectivity index (χ0v) is 51.7. The first-order valence-electron chi connectivity index (χ1n) is 30.5. The Labute approximate surface area is 508 Å². The molecule has 0 N–H and O–H groups in total. The Morgan fingerprint density at radius 1 is 0.176 bits per heavy atom. The number of hydrogen-bond donors (Lipinski definition) is 0. The number of fused-ring (bicyclic) bond motifs is 1. The lowest BCUT2D eigenvalue weighted by atomic mass is 9.34. The van der Waals surface area contributed by atoms with Crippen LogP contribution in [0.2, 0.25) is 0 Å². The summed E-state index contributed by atoms with van der Waals surface area (Å²) in [6.07, 6.45) is 0. The molecule has 412 valence electrons. The second-order valence-electron chi connectivity index (χ2n) is 24.4. The van der Waals surface area contributed by atoms with Crippen LogP contribution in [0.15, 0.2) is 237 Å². The molecule has 0 unspecified atom stereocenters. The fourth-order valence-corrected chi connectivity index (χ4v) is 14.9. The number of rotatable bonds is 13. The molecule has 0 atom stereocenters. The van der Waals surface area contributed by atoms with Crippen LogP contribution in [0.4, 0.5) is 0 Å². The minimum Gasteiger partial charge on any atom is -0.0686 e. The summed E-state index contributed by atoms with van der Waals surface area (Å²) in [5.74, 6) is 0. The van der Waals surface area contributed by atoms with Crippen LogP contribution in [0, 0.1) is 83.1 Å². The van der Waals surface area contributed by atoms with E-state index in [2.05, 4.69) is 320 Å². The monoisotopic (exact) mass is 1090 g/mol. The van der Waals surface area contributed by atoms with Gasteiger partial charge in [-0.1, -0.05) is 353 Å². The highest BCUT2D eigenvalue weighted by molar-refractivity contribution is 6.98. The van der Waals surface area contributed by atoms with Crippen LogP contribution in [0.5, 0.6) is 0 Å². The zero-order chi connectivity index (χ0) is 59.2. The quantitative estimate of drug-likeness (QED) is 0.101. The van der Waals surface area contributed by atoms with Gasteiger partial charge < -0.3 is 0 Å². The third-order valence-corrected chi connectivity index (χ3v) is 18.8. The first kappa shape index (κ1) is 56.6. The molecule has 12 rings (SSSR count). The van der Waals surface area contributed by atoms with Crippen LogP contribution >= 0.6 is 0 Å². The average molecular weight is 1090 g/mol. The molecule has 3 heteroatoms. The fraction of sp³-hybridized carbons (Fsp3) is 0.146. The smallest absolute Gasteiger partial charge is 0.0686 e. The number of hydrogen-bond acceptors (Lipinski definition) is 0.